The van der Waals surface area contributed by atoms with Gasteiger partial charge in [-0.25, -0.2) is 4.79 Å². The van der Waals surface area contributed by atoms with E-state index in [1.165, 1.54) is 0 Å². The smallest absolute Gasteiger partial charge is 0.331 e. The van der Waals surface area contributed by atoms with Crippen LogP contribution in [0.2, 0.25) is 0 Å². The first kappa shape index (κ1) is 18.1. The van der Waals surface area contributed by atoms with Gasteiger partial charge in [0.25, 0.3) is 0 Å². The molecule has 2 N–H and O–H groups in total. The number of fused-ring (bicyclic) bond motifs is 1. The van der Waals surface area contributed by atoms with Gasteiger partial charge >= 0.3 is 5.97 Å². The fraction of sp³-hybridized carbons (Fsp3) is 0.333. The second kappa shape index (κ2) is 6.69. The lowest BCUT2D eigenvalue weighted by atomic mass is 9.96. The number of ether oxygens (including phenoxy) is 1. The van der Waals surface area contributed by atoms with Gasteiger partial charge in [-0.15, -0.1) is 11.8 Å². The highest BCUT2D eigenvalue weighted by Gasteiger charge is 2.63. The second-order valence-electron chi connectivity index (χ2n) is 7.42. The number of carbonyl (C=O) groups is 2. The lowest BCUT2D eigenvalue weighted by molar-refractivity contribution is -0.165. The molecule has 0 saturated carbocycles. The number of benzene rings is 2. The number of amides is 1. The fourth-order valence-corrected chi connectivity index (χ4v) is 5.35. The lowest BCUT2D eigenvalue weighted by Gasteiger charge is -2.42. The third-order valence-corrected chi connectivity index (χ3v) is 6.74. The van der Waals surface area contributed by atoms with Crippen LogP contribution in [0.15, 0.2) is 60.7 Å². The van der Waals surface area contributed by atoms with Crippen molar-refractivity contribution >= 4 is 23.6 Å². The summed E-state index contributed by atoms with van der Waals surface area (Å²) in [5, 5.41) is -0.156. The van der Waals surface area contributed by atoms with Crippen LogP contribution in [0, 0.1) is 0 Å². The van der Waals surface area contributed by atoms with Crippen molar-refractivity contribution < 1.29 is 14.3 Å². The average Bonchev–Trinajstić information content (AvgIpc) is 2.95. The van der Waals surface area contributed by atoms with E-state index in [0.29, 0.717) is 0 Å². The van der Waals surface area contributed by atoms with Crippen molar-refractivity contribution in [3.8, 4) is 0 Å². The largest absolute Gasteiger partial charge is 0.451 e. The molecular weight excluding hydrogens is 360 g/mol. The summed E-state index contributed by atoms with van der Waals surface area (Å²) < 4.78 is 5.54. The Bertz CT molecular complexity index is 817. The van der Waals surface area contributed by atoms with Crippen LogP contribution in [-0.4, -0.2) is 39.0 Å². The first-order chi connectivity index (χ1) is 12.9. The van der Waals surface area contributed by atoms with Crippen molar-refractivity contribution in [1.82, 2.24) is 4.90 Å². The molecule has 6 heteroatoms. The Morgan fingerprint density at radius 3 is 2.11 bits per heavy atom. The van der Waals surface area contributed by atoms with Gasteiger partial charge in [-0.3, -0.25) is 4.79 Å². The molecule has 2 aromatic carbocycles. The highest BCUT2D eigenvalue weighted by Crippen LogP contribution is 2.50. The summed E-state index contributed by atoms with van der Waals surface area (Å²) >= 11 is 1.56. The molecule has 1 amide bonds. The summed E-state index contributed by atoms with van der Waals surface area (Å²) in [7, 11) is 0. The van der Waals surface area contributed by atoms with Crippen LogP contribution in [0.3, 0.4) is 0 Å². The van der Waals surface area contributed by atoms with Crippen molar-refractivity contribution in [2.24, 2.45) is 5.73 Å². The molecule has 3 atom stereocenters. The molecule has 0 spiro atoms. The van der Waals surface area contributed by atoms with Crippen LogP contribution >= 0.6 is 11.8 Å². The minimum absolute atomic E-state index is 0.156. The molecule has 2 aromatic rings. The van der Waals surface area contributed by atoms with Crippen LogP contribution in [-0.2, 0) is 14.3 Å². The van der Waals surface area contributed by atoms with Gasteiger partial charge in [0.05, 0.1) is 0 Å². The van der Waals surface area contributed by atoms with Crippen LogP contribution in [0.25, 0.3) is 0 Å². The van der Waals surface area contributed by atoms with Crippen molar-refractivity contribution in [1.29, 1.82) is 0 Å². The fourth-order valence-electron chi connectivity index (χ4n) is 3.79. The molecule has 2 aliphatic heterocycles. The van der Waals surface area contributed by atoms with E-state index in [2.05, 4.69) is 0 Å². The maximum absolute atomic E-state index is 13.2. The average molecular weight is 382 g/mol. The van der Waals surface area contributed by atoms with Crippen molar-refractivity contribution in [2.75, 3.05) is 0 Å². The monoisotopic (exact) mass is 382 g/mol. The molecule has 140 valence electrons. The van der Waals surface area contributed by atoms with Crippen LogP contribution < -0.4 is 5.73 Å². The summed E-state index contributed by atoms with van der Waals surface area (Å²) in [6, 6.07) is 18.1. The van der Waals surface area contributed by atoms with E-state index in [-0.39, 0.29) is 11.3 Å². The third kappa shape index (κ3) is 3.03. The van der Waals surface area contributed by atoms with Gasteiger partial charge in [-0.05, 0) is 25.0 Å². The van der Waals surface area contributed by atoms with Gasteiger partial charge in [-0.1, -0.05) is 60.7 Å². The van der Waals surface area contributed by atoms with Crippen molar-refractivity contribution in [3.05, 3.63) is 71.8 Å². The molecule has 0 bridgehead atoms. The van der Waals surface area contributed by atoms with E-state index in [0.717, 1.165) is 11.1 Å². The van der Waals surface area contributed by atoms with E-state index in [1.54, 1.807) is 16.7 Å². The second-order valence-corrected chi connectivity index (χ2v) is 9.19. The van der Waals surface area contributed by atoms with E-state index in [4.69, 9.17) is 10.5 Å². The molecule has 0 radical (unpaired) electrons. The lowest BCUT2D eigenvalue weighted by Crippen LogP contribution is -2.68. The maximum Gasteiger partial charge on any atom is 0.331 e. The Morgan fingerprint density at radius 2 is 1.59 bits per heavy atom. The standard InChI is InChI=1S/C21H22N2O3S/c1-21(2)17(23-18(24)15(22)19(23)27-21)20(25)26-16(13-9-5-3-6-10-13)14-11-7-4-8-12-14/h3-12,15-17,19H,22H2,1-2H3/t15?,17-,19+/m0/s1. The number of nitrogens with zero attached hydrogens (tertiary/aromatic N) is 1. The number of carbonyl (C=O) groups excluding carboxylic acids is 2. The zero-order chi connectivity index (χ0) is 19.2. The number of esters is 1. The molecule has 2 aliphatic rings. The summed E-state index contributed by atoms with van der Waals surface area (Å²) in [4.78, 5) is 27.0. The first-order valence-electron chi connectivity index (χ1n) is 8.96. The van der Waals surface area contributed by atoms with Gasteiger partial charge in [0.15, 0.2) is 6.10 Å². The summed E-state index contributed by atoms with van der Waals surface area (Å²) in [5.41, 5.74) is 7.69. The number of β-lactam (4-membered cyclic amide) rings is 1. The Morgan fingerprint density at radius 1 is 1.07 bits per heavy atom. The molecule has 0 aromatic heterocycles. The van der Waals surface area contributed by atoms with Gasteiger partial charge in [0.1, 0.15) is 17.5 Å². The maximum atomic E-state index is 13.2. The molecular formula is C21H22N2O3S. The molecule has 1 unspecified atom stereocenters. The van der Waals surface area contributed by atoms with E-state index in [1.807, 2.05) is 74.5 Å². The van der Waals surface area contributed by atoms with Gasteiger partial charge < -0.3 is 15.4 Å². The Balaban J connectivity index is 1.64. The van der Waals surface area contributed by atoms with Crippen molar-refractivity contribution in [3.63, 3.8) is 0 Å². The summed E-state index contributed by atoms with van der Waals surface area (Å²) in [6.45, 7) is 3.92. The topological polar surface area (TPSA) is 72.6 Å². The molecule has 2 fully saturated rings. The molecule has 4 rings (SSSR count). The number of rotatable bonds is 4. The minimum atomic E-state index is -0.644. The highest BCUT2D eigenvalue weighted by atomic mass is 32.2. The Labute approximate surface area is 162 Å². The summed E-state index contributed by atoms with van der Waals surface area (Å²) in [5.74, 6) is -0.580. The SMILES string of the molecule is CC1(C)S[C@@H]2C(N)C(=O)N2[C@H]1C(=O)OC(c1ccccc1)c1ccccc1. The van der Waals surface area contributed by atoms with Crippen molar-refractivity contribution in [2.45, 2.75) is 42.2 Å². The quantitative estimate of drug-likeness (QED) is 0.650. The van der Waals surface area contributed by atoms with E-state index in [9.17, 15) is 9.59 Å². The molecule has 27 heavy (non-hydrogen) atoms. The molecule has 2 saturated heterocycles. The number of thioether (sulfide) groups is 1. The van der Waals surface area contributed by atoms with Crippen LogP contribution in [0.1, 0.15) is 31.1 Å². The molecule has 2 heterocycles. The third-order valence-electron chi connectivity index (χ3n) is 5.14. The van der Waals surface area contributed by atoms with Crippen LogP contribution in [0.4, 0.5) is 0 Å². The predicted molar refractivity (Wildman–Crippen MR) is 105 cm³/mol. The normalized spacial score (nSPS) is 25.9. The van der Waals surface area contributed by atoms with Gasteiger partial charge in [0.2, 0.25) is 5.91 Å². The Kier molecular flexibility index (Phi) is 4.48. The van der Waals surface area contributed by atoms with Gasteiger partial charge in [0, 0.05) is 4.75 Å². The van der Waals surface area contributed by atoms with E-state index < -0.39 is 28.9 Å². The number of nitrogens with two attached hydrogens (primary N) is 1. The zero-order valence-corrected chi connectivity index (χ0v) is 16.1. The number of hydrogen-bond acceptors (Lipinski definition) is 5. The minimum Gasteiger partial charge on any atom is -0.451 e. The highest BCUT2D eigenvalue weighted by molar-refractivity contribution is 8.01. The number of hydrogen-bond donors (Lipinski definition) is 1. The van der Waals surface area contributed by atoms with E-state index >= 15 is 0 Å². The van der Waals surface area contributed by atoms with Crippen LogP contribution in [0.5, 0.6) is 0 Å². The molecule has 5 nitrogen and oxygen atoms in total. The molecule has 0 aliphatic carbocycles. The van der Waals surface area contributed by atoms with Gasteiger partial charge in [-0.2, -0.15) is 0 Å². The predicted octanol–water partition coefficient (Wildman–Crippen LogP) is 2.71. The Hall–Kier alpha value is -2.31. The zero-order valence-electron chi connectivity index (χ0n) is 15.2. The summed E-state index contributed by atoms with van der Waals surface area (Å²) in [6.07, 6.45) is -0.523. The first-order valence-corrected chi connectivity index (χ1v) is 9.84.